The quantitative estimate of drug-likeness (QED) is 0.735. The molecule has 0 fully saturated rings. The Morgan fingerprint density at radius 1 is 1.29 bits per heavy atom. The van der Waals surface area contributed by atoms with Gasteiger partial charge in [-0.1, -0.05) is 26.0 Å². The molecule has 1 aromatic rings. The third kappa shape index (κ3) is 4.46. The van der Waals surface area contributed by atoms with Crippen LogP contribution in [0.5, 0.6) is 0 Å². The van der Waals surface area contributed by atoms with Crippen molar-refractivity contribution in [2.75, 3.05) is 25.5 Å². The molecule has 2 N–H and O–H groups in total. The molecule has 0 heterocycles. The normalized spacial score (nSPS) is 13.7. The lowest BCUT2D eigenvalue weighted by Crippen LogP contribution is -2.50. The van der Waals surface area contributed by atoms with Gasteiger partial charge in [-0.15, -0.1) is 0 Å². The fraction of sp³-hybridized carbons (Fsp3) is 0.588. The maximum atomic E-state index is 11.4. The highest BCUT2D eigenvalue weighted by Crippen LogP contribution is 2.20. The van der Waals surface area contributed by atoms with E-state index in [4.69, 9.17) is 0 Å². The summed E-state index contributed by atoms with van der Waals surface area (Å²) in [6.45, 7) is 4.91. The predicted octanol–water partition coefficient (Wildman–Crippen LogP) is 2.92. The van der Waals surface area contributed by atoms with Crippen LogP contribution in [0, 0.1) is 0 Å². The van der Waals surface area contributed by atoms with E-state index in [9.17, 15) is 9.90 Å². The Hall–Kier alpha value is -1.55. The van der Waals surface area contributed by atoms with Crippen molar-refractivity contribution in [3.8, 4) is 0 Å². The van der Waals surface area contributed by atoms with E-state index in [-0.39, 0.29) is 0 Å². The fourth-order valence-electron chi connectivity index (χ4n) is 2.58. The summed E-state index contributed by atoms with van der Waals surface area (Å²) in [7, 11) is 3.78. The van der Waals surface area contributed by atoms with Crippen molar-refractivity contribution in [3.05, 3.63) is 29.8 Å². The van der Waals surface area contributed by atoms with E-state index in [0.717, 1.165) is 19.4 Å². The Morgan fingerprint density at radius 2 is 1.90 bits per heavy atom. The van der Waals surface area contributed by atoms with Gasteiger partial charge < -0.3 is 15.3 Å². The number of carbonyl (C=O) groups is 1. The number of aryl methyl sites for hydroxylation is 1. The summed E-state index contributed by atoms with van der Waals surface area (Å²) in [6, 6.07) is 8.54. The molecule has 0 amide bonds. The molecule has 0 saturated heterocycles. The molecule has 21 heavy (non-hydrogen) atoms. The largest absolute Gasteiger partial charge is 0.480 e. The molecule has 0 aliphatic rings. The number of aliphatic carboxylic acids is 1. The minimum Gasteiger partial charge on any atom is -0.480 e. The predicted molar refractivity (Wildman–Crippen MR) is 88.0 cm³/mol. The molecule has 1 atom stereocenters. The molecule has 0 bridgehead atoms. The molecule has 0 spiro atoms. The summed E-state index contributed by atoms with van der Waals surface area (Å²) in [4.78, 5) is 13.6. The van der Waals surface area contributed by atoms with E-state index in [1.807, 2.05) is 6.92 Å². The molecule has 0 saturated carbocycles. The summed E-state index contributed by atoms with van der Waals surface area (Å²) in [5.41, 5.74) is 1.71. The molecular formula is C17H28N2O2. The van der Waals surface area contributed by atoms with Crippen molar-refractivity contribution in [2.24, 2.45) is 0 Å². The number of benzene rings is 1. The molecular weight excluding hydrogens is 264 g/mol. The number of nitrogens with zero attached hydrogens (tertiary/aromatic N) is 1. The first-order valence-corrected chi connectivity index (χ1v) is 7.71. The molecule has 4 nitrogen and oxygen atoms in total. The Labute approximate surface area is 128 Å². The van der Waals surface area contributed by atoms with E-state index in [2.05, 4.69) is 48.5 Å². The topological polar surface area (TPSA) is 52.6 Å². The maximum Gasteiger partial charge on any atom is 0.323 e. The molecule has 0 aliphatic carbocycles. The van der Waals surface area contributed by atoms with Crippen molar-refractivity contribution in [2.45, 2.75) is 45.1 Å². The average molecular weight is 292 g/mol. The minimum atomic E-state index is -0.799. The molecule has 1 unspecified atom stereocenters. The zero-order chi connectivity index (χ0) is 15.9. The van der Waals surface area contributed by atoms with Crippen LogP contribution in [-0.4, -0.2) is 37.3 Å². The molecule has 0 aromatic heterocycles. The zero-order valence-electron chi connectivity index (χ0n) is 13.6. The number of nitrogens with one attached hydrogen (secondary N) is 1. The summed E-state index contributed by atoms with van der Waals surface area (Å²) >= 11 is 0. The standard InChI is InChI=1S/C17H28N2O2/c1-5-14-8-10-15(11-9-14)19(4)13-7-12-17(6-2,18-3)16(20)21/h8-11,18H,5-7,12-13H2,1-4H3,(H,20,21). The number of carboxylic acids is 1. The van der Waals surface area contributed by atoms with Gasteiger partial charge in [0.2, 0.25) is 0 Å². The number of rotatable bonds is 9. The summed E-state index contributed by atoms with van der Waals surface area (Å²) in [5, 5.41) is 12.4. The third-order valence-corrected chi connectivity index (χ3v) is 4.37. The highest BCUT2D eigenvalue weighted by molar-refractivity contribution is 5.78. The highest BCUT2D eigenvalue weighted by atomic mass is 16.4. The fourth-order valence-corrected chi connectivity index (χ4v) is 2.58. The molecule has 1 rings (SSSR count). The SMILES string of the molecule is CCc1ccc(N(C)CCCC(CC)(NC)C(=O)O)cc1. The van der Waals surface area contributed by atoms with Gasteiger partial charge in [-0.25, -0.2) is 0 Å². The van der Waals surface area contributed by atoms with E-state index >= 15 is 0 Å². The van der Waals surface area contributed by atoms with Gasteiger partial charge in [0, 0.05) is 19.3 Å². The van der Waals surface area contributed by atoms with Crippen LogP contribution in [-0.2, 0) is 11.2 Å². The summed E-state index contributed by atoms with van der Waals surface area (Å²) in [6.07, 6.45) is 3.11. The zero-order valence-corrected chi connectivity index (χ0v) is 13.6. The monoisotopic (exact) mass is 292 g/mol. The Morgan fingerprint density at radius 3 is 2.33 bits per heavy atom. The van der Waals surface area contributed by atoms with Crippen molar-refractivity contribution in [3.63, 3.8) is 0 Å². The number of likely N-dealkylation sites (N-methyl/N-ethyl adjacent to an activating group) is 1. The van der Waals surface area contributed by atoms with Crippen LogP contribution < -0.4 is 10.2 Å². The van der Waals surface area contributed by atoms with Crippen LogP contribution in [0.4, 0.5) is 5.69 Å². The number of anilines is 1. The van der Waals surface area contributed by atoms with Crippen molar-refractivity contribution in [1.82, 2.24) is 5.32 Å². The van der Waals surface area contributed by atoms with E-state index < -0.39 is 11.5 Å². The van der Waals surface area contributed by atoms with Gasteiger partial charge in [0.05, 0.1) is 0 Å². The first-order valence-electron chi connectivity index (χ1n) is 7.71. The smallest absolute Gasteiger partial charge is 0.323 e. The second kappa shape index (κ2) is 8.03. The Balaban J connectivity index is 2.55. The van der Waals surface area contributed by atoms with E-state index in [1.165, 1.54) is 11.3 Å². The highest BCUT2D eigenvalue weighted by Gasteiger charge is 2.34. The third-order valence-electron chi connectivity index (χ3n) is 4.37. The number of carboxylic acid groups (broad SMARTS) is 1. The lowest BCUT2D eigenvalue weighted by atomic mass is 9.90. The van der Waals surface area contributed by atoms with Crippen LogP contribution in [0.3, 0.4) is 0 Å². The van der Waals surface area contributed by atoms with Crippen molar-refractivity contribution in [1.29, 1.82) is 0 Å². The van der Waals surface area contributed by atoms with Crippen LogP contribution in [0.25, 0.3) is 0 Å². The van der Waals surface area contributed by atoms with Crippen LogP contribution in [0.15, 0.2) is 24.3 Å². The van der Waals surface area contributed by atoms with E-state index in [0.29, 0.717) is 12.8 Å². The van der Waals surface area contributed by atoms with Crippen molar-refractivity contribution >= 4 is 11.7 Å². The van der Waals surface area contributed by atoms with Gasteiger partial charge in [-0.2, -0.15) is 0 Å². The minimum absolute atomic E-state index is 0.591. The van der Waals surface area contributed by atoms with Gasteiger partial charge in [0.1, 0.15) is 5.54 Å². The average Bonchev–Trinajstić information content (AvgIpc) is 2.51. The van der Waals surface area contributed by atoms with Crippen molar-refractivity contribution < 1.29 is 9.90 Å². The summed E-state index contributed by atoms with van der Waals surface area (Å²) in [5.74, 6) is -0.762. The molecule has 0 aliphatic heterocycles. The van der Waals surface area contributed by atoms with Gasteiger partial charge in [-0.05, 0) is 50.4 Å². The van der Waals surface area contributed by atoms with Crippen LogP contribution in [0.2, 0.25) is 0 Å². The summed E-state index contributed by atoms with van der Waals surface area (Å²) < 4.78 is 0. The number of hydrogen-bond donors (Lipinski definition) is 2. The lowest BCUT2D eigenvalue weighted by molar-refractivity contribution is -0.145. The lowest BCUT2D eigenvalue weighted by Gasteiger charge is -2.29. The molecule has 118 valence electrons. The molecule has 4 heteroatoms. The Kier molecular flexibility index (Phi) is 6.69. The van der Waals surface area contributed by atoms with Gasteiger partial charge in [-0.3, -0.25) is 4.79 Å². The Bertz CT molecular complexity index is 439. The molecule has 1 aromatic carbocycles. The first-order chi connectivity index (χ1) is 9.99. The van der Waals surface area contributed by atoms with Gasteiger partial charge in [0.15, 0.2) is 0 Å². The maximum absolute atomic E-state index is 11.4. The first kappa shape index (κ1) is 17.5. The van der Waals surface area contributed by atoms with Gasteiger partial charge >= 0.3 is 5.97 Å². The van der Waals surface area contributed by atoms with Crippen LogP contribution in [0.1, 0.15) is 38.7 Å². The number of hydrogen-bond acceptors (Lipinski definition) is 3. The van der Waals surface area contributed by atoms with Gasteiger partial charge in [0.25, 0.3) is 0 Å². The van der Waals surface area contributed by atoms with E-state index in [1.54, 1.807) is 7.05 Å². The molecule has 0 radical (unpaired) electrons. The second-order valence-electron chi connectivity index (χ2n) is 5.54. The van der Waals surface area contributed by atoms with Crippen LogP contribution >= 0.6 is 0 Å². The second-order valence-corrected chi connectivity index (χ2v) is 5.54.